The van der Waals surface area contributed by atoms with E-state index in [0.717, 1.165) is 22.5 Å². The average molecular weight is 433 g/mol. The van der Waals surface area contributed by atoms with Gasteiger partial charge in [-0.15, -0.1) is 0 Å². The number of benzene rings is 4. The Labute approximate surface area is 187 Å². The largest absolute Gasteiger partial charge is 0.376 e. The number of nitrogens with one attached hydrogen (secondary N) is 2. The van der Waals surface area contributed by atoms with Crippen molar-refractivity contribution in [3.05, 3.63) is 130 Å². The van der Waals surface area contributed by atoms with Gasteiger partial charge in [0, 0.05) is 21.4 Å². The van der Waals surface area contributed by atoms with Gasteiger partial charge < -0.3 is 10.6 Å². The molecule has 0 radical (unpaired) electrons. The van der Waals surface area contributed by atoms with E-state index in [1.54, 1.807) is 0 Å². The standard InChI is InChI=1S/C26H22Cl2N2/c27-23-17-9-7-15-21(23)25(29-19-11-3-1-4-12-19)26(22-16-8-10-18-24(22)28)30-20-13-5-2-6-14-20/h1-18,25-26,29-30H/t25-,26-/m0/s1. The summed E-state index contributed by atoms with van der Waals surface area (Å²) in [6.07, 6.45) is 0. The molecule has 0 aromatic heterocycles. The molecule has 4 aromatic carbocycles. The second-order valence-electron chi connectivity index (χ2n) is 7.02. The number of hydrogen-bond acceptors (Lipinski definition) is 2. The topological polar surface area (TPSA) is 24.1 Å². The molecule has 0 heterocycles. The molecule has 0 fully saturated rings. The Morgan fingerprint density at radius 1 is 0.433 bits per heavy atom. The van der Waals surface area contributed by atoms with Crippen molar-refractivity contribution in [2.45, 2.75) is 12.1 Å². The van der Waals surface area contributed by atoms with Crippen molar-refractivity contribution >= 4 is 34.6 Å². The van der Waals surface area contributed by atoms with Crippen LogP contribution in [0.4, 0.5) is 11.4 Å². The SMILES string of the molecule is Clc1ccccc1[C@H](Nc1ccccc1)[C@@H](Nc1ccccc1)c1ccccc1Cl. The summed E-state index contributed by atoms with van der Waals surface area (Å²) in [6.45, 7) is 0. The molecule has 4 heteroatoms. The third-order valence-corrected chi connectivity index (χ3v) is 5.69. The summed E-state index contributed by atoms with van der Waals surface area (Å²) in [5.74, 6) is 0. The lowest BCUT2D eigenvalue weighted by Crippen LogP contribution is -2.26. The van der Waals surface area contributed by atoms with E-state index in [0.29, 0.717) is 10.0 Å². The molecule has 0 bridgehead atoms. The van der Waals surface area contributed by atoms with E-state index in [-0.39, 0.29) is 12.1 Å². The van der Waals surface area contributed by atoms with Gasteiger partial charge in [-0.25, -0.2) is 0 Å². The molecule has 0 aliphatic rings. The maximum atomic E-state index is 6.66. The predicted octanol–water partition coefficient (Wildman–Crippen LogP) is 8.00. The fraction of sp³-hybridized carbons (Fsp3) is 0.0769. The number of anilines is 2. The first kappa shape index (κ1) is 20.3. The second-order valence-corrected chi connectivity index (χ2v) is 7.83. The van der Waals surface area contributed by atoms with Crippen LogP contribution in [0.3, 0.4) is 0 Å². The van der Waals surface area contributed by atoms with Crippen molar-refractivity contribution in [2.75, 3.05) is 10.6 Å². The molecule has 0 unspecified atom stereocenters. The van der Waals surface area contributed by atoms with Crippen LogP contribution in [0.15, 0.2) is 109 Å². The number of hydrogen-bond donors (Lipinski definition) is 2. The molecule has 2 atom stereocenters. The van der Waals surface area contributed by atoms with Crippen molar-refractivity contribution in [1.29, 1.82) is 0 Å². The van der Waals surface area contributed by atoms with E-state index in [1.165, 1.54) is 0 Å². The minimum absolute atomic E-state index is 0.166. The minimum Gasteiger partial charge on any atom is -0.376 e. The van der Waals surface area contributed by atoms with Crippen LogP contribution in [-0.2, 0) is 0 Å². The molecular weight excluding hydrogens is 411 g/mol. The Balaban J connectivity index is 1.83. The van der Waals surface area contributed by atoms with E-state index in [4.69, 9.17) is 23.2 Å². The number of para-hydroxylation sites is 2. The van der Waals surface area contributed by atoms with Gasteiger partial charge in [-0.05, 0) is 47.5 Å². The minimum atomic E-state index is -0.166. The van der Waals surface area contributed by atoms with Crippen LogP contribution in [0, 0.1) is 0 Å². The van der Waals surface area contributed by atoms with E-state index in [2.05, 4.69) is 47.0 Å². The normalized spacial score (nSPS) is 12.7. The fourth-order valence-electron chi connectivity index (χ4n) is 3.56. The van der Waals surface area contributed by atoms with Crippen LogP contribution < -0.4 is 10.6 Å². The fourth-order valence-corrected chi connectivity index (χ4v) is 4.07. The Morgan fingerprint density at radius 2 is 0.767 bits per heavy atom. The predicted molar refractivity (Wildman–Crippen MR) is 129 cm³/mol. The summed E-state index contributed by atoms with van der Waals surface area (Å²) in [5, 5.41) is 8.77. The second kappa shape index (κ2) is 9.71. The van der Waals surface area contributed by atoms with Crippen LogP contribution in [0.25, 0.3) is 0 Å². The summed E-state index contributed by atoms with van der Waals surface area (Å²) in [6, 6.07) is 35.8. The Kier molecular flexibility index (Phi) is 6.58. The molecule has 0 saturated heterocycles. The maximum absolute atomic E-state index is 6.66. The molecule has 150 valence electrons. The molecule has 4 aromatic rings. The number of rotatable bonds is 7. The Morgan fingerprint density at radius 3 is 1.13 bits per heavy atom. The van der Waals surface area contributed by atoms with E-state index in [1.807, 2.05) is 72.8 Å². The smallest absolute Gasteiger partial charge is 0.0772 e. The van der Waals surface area contributed by atoms with E-state index >= 15 is 0 Å². The van der Waals surface area contributed by atoms with Crippen LogP contribution in [-0.4, -0.2) is 0 Å². The van der Waals surface area contributed by atoms with Crippen LogP contribution >= 0.6 is 23.2 Å². The first-order chi connectivity index (χ1) is 14.7. The first-order valence-corrected chi connectivity index (χ1v) is 10.6. The quantitative estimate of drug-likeness (QED) is 0.309. The first-order valence-electron chi connectivity index (χ1n) is 9.84. The van der Waals surface area contributed by atoms with Gasteiger partial charge in [-0.1, -0.05) is 96.0 Å². The van der Waals surface area contributed by atoms with Gasteiger partial charge in [0.15, 0.2) is 0 Å². The molecule has 0 saturated carbocycles. The van der Waals surface area contributed by atoms with Crippen LogP contribution in [0.1, 0.15) is 23.2 Å². The highest BCUT2D eigenvalue weighted by molar-refractivity contribution is 6.32. The molecule has 2 nitrogen and oxygen atoms in total. The summed E-state index contributed by atoms with van der Waals surface area (Å²) < 4.78 is 0. The van der Waals surface area contributed by atoms with Crippen molar-refractivity contribution in [1.82, 2.24) is 0 Å². The lowest BCUT2D eigenvalue weighted by molar-refractivity contribution is 0.650. The monoisotopic (exact) mass is 432 g/mol. The van der Waals surface area contributed by atoms with Crippen molar-refractivity contribution in [3.8, 4) is 0 Å². The van der Waals surface area contributed by atoms with Crippen LogP contribution in [0.5, 0.6) is 0 Å². The average Bonchev–Trinajstić information content (AvgIpc) is 2.79. The number of halogens is 2. The van der Waals surface area contributed by atoms with Gasteiger partial charge in [0.25, 0.3) is 0 Å². The van der Waals surface area contributed by atoms with Gasteiger partial charge in [-0.2, -0.15) is 0 Å². The Hall–Kier alpha value is -2.94. The van der Waals surface area contributed by atoms with Crippen LogP contribution in [0.2, 0.25) is 10.0 Å². The molecule has 30 heavy (non-hydrogen) atoms. The molecular formula is C26H22Cl2N2. The van der Waals surface area contributed by atoms with Gasteiger partial charge in [-0.3, -0.25) is 0 Å². The van der Waals surface area contributed by atoms with E-state index < -0.39 is 0 Å². The third kappa shape index (κ3) is 4.79. The summed E-state index contributed by atoms with van der Waals surface area (Å²) in [7, 11) is 0. The molecule has 4 rings (SSSR count). The highest BCUT2D eigenvalue weighted by Gasteiger charge is 2.28. The maximum Gasteiger partial charge on any atom is 0.0772 e. The zero-order chi connectivity index (χ0) is 20.8. The highest BCUT2D eigenvalue weighted by Crippen LogP contribution is 2.40. The van der Waals surface area contributed by atoms with Gasteiger partial charge in [0.05, 0.1) is 12.1 Å². The molecule has 0 amide bonds. The zero-order valence-electron chi connectivity index (χ0n) is 16.3. The van der Waals surface area contributed by atoms with Gasteiger partial charge in [0.1, 0.15) is 0 Å². The molecule has 0 aliphatic heterocycles. The van der Waals surface area contributed by atoms with Crippen molar-refractivity contribution in [2.24, 2.45) is 0 Å². The highest BCUT2D eigenvalue weighted by atomic mass is 35.5. The Bertz CT molecular complexity index is 995. The molecule has 0 spiro atoms. The summed E-state index contributed by atoms with van der Waals surface area (Å²) >= 11 is 13.3. The lowest BCUT2D eigenvalue weighted by atomic mass is 9.92. The van der Waals surface area contributed by atoms with Gasteiger partial charge in [0.2, 0.25) is 0 Å². The molecule has 2 N–H and O–H groups in total. The zero-order valence-corrected chi connectivity index (χ0v) is 17.8. The van der Waals surface area contributed by atoms with Gasteiger partial charge >= 0.3 is 0 Å². The van der Waals surface area contributed by atoms with E-state index in [9.17, 15) is 0 Å². The lowest BCUT2D eigenvalue weighted by Gasteiger charge is -2.32. The molecule has 0 aliphatic carbocycles. The third-order valence-electron chi connectivity index (χ3n) is 5.01. The summed E-state index contributed by atoms with van der Waals surface area (Å²) in [4.78, 5) is 0. The van der Waals surface area contributed by atoms with Crippen molar-refractivity contribution in [3.63, 3.8) is 0 Å². The summed E-state index contributed by atoms with van der Waals surface area (Å²) in [5.41, 5.74) is 4.01. The van der Waals surface area contributed by atoms with Crippen molar-refractivity contribution < 1.29 is 0 Å².